The molecule has 1 aromatic carbocycles. The predicted octanol–water partition coefficient (Wildman–Crippen LogP) is 2.17. The summed E-state index contributed by atoms with van der Waals surface area (Å²) in [5.74, 6) is 0.827. The molecule has 1 aliphatic rings. The molecular weight excluding hydrogens is 274 g/mol. The van der Waals surface area contributed by atoms with Crippen molar-refractivity contribution >= 4 is 11.4 Å². The van der Waals surface area contributed by atoms with E-state index >= 15 is 0 Å². The van der Waals surface area contributed by atoms with Gasteiger partial charge in [-0.2, -0.15) is 0 Å². The Morgan fingerprint density at radius 1 is 1.24 bits per heavy atom. The molecule has 1 aliphatic heterocycles. The van der Waals surface area contributed by atoms with E-state index in [1.54, 1.807) is 6.07 Å². The van der Waals surface area contributed by atoms with Gasteiger partial charge in [-0.3, -0.25) is 10.1 Å². The van der Waals surface area contributed by atoms with Crippen molar-refractivity contribution in [3.63, 3.8) is 0 Å². The molecule has 1 aromatic rings. The van der Waals surface area contributed by atoms with E-state index < -0.39 is 4.92 Å². The van der Waals surface area contributed by atoms with Crippen LogP contribution in [0.3, 0.4) is 0 Å². The number of nitrogens with zero attached hydrogens (tertiary/aromatic N) is 1. The summed E-state index contributed by atoms with van der Waals surface area (Å²) in [6.07, 6.45) is 1.80. The van der Waals surface area contributed by atoms with Gasteiger partial charge in [0.05, 0.1) is 25.2 Å². The van der Waals surface area contributed by atoms with Crippen molar-refractivity contribution < 1.29 is 14.4 Å². The summed E-state index contributed by atoms with van der Waals surface area (Å²) in [4.78, 5) is 10.9. The third-order valence-electron chi connectivity index (χ3n) is 3.84. The third kappa shape index (κ3) is 3.36. The number of piperidine rings is 1. The molecule has 0 aromatic heterocycles. The van der Waals surface area contributed by atoms with Gasteiger partial charge in [0.1, 0.15) is 5.69 Å². The fourth-order valence-corrected chi connectivity index (χ4v) is 2.55. The third-order valence-corrected chi connectivity index (χ3v) is 3.84. The van der Waals surface area contributed by atoms with Gasteiger partial charge in [-0.05, 0) is 32.9 Å². The van der Waals surface area contributed by atoms with Gasteiger partial charge in [0.2, 0.25) is 0 Å². The lowest BCUT2D eigenvalue weighted by Gasteiger charge is -2.35. The zero-order chi connectivity index (χ0) is 15.5. The first kappa shape index (κ1) is 15.4. The molecule has 0 amide bonds. The van der Waals surface area contributed by atoms with Gasteiger partial charge in [-0.15, -0.1) is 0 Å². The summed E-state index contributed by atoms with van der Waals surface area (Å²) in [5.41, 5.74) is 0.282. The molecule has 0 spiro atoms. The number of benzene rings is 1. The maximum atomic E-state index is 11.3. The average Bonchev–Trinajstić information content (AvgIpc) is 2.46. The first-order chi connectivity index (χ1) is 9.99. The zero-order valence-electron chi connectivity index (χ0n) is 12.6. The molecule has 0 aliphatic carbocycles. The number of ether oxygens (including phenoxy) is 2. The van der Waals surface area contributed by atoms with Gasteiger partial charge in [-0.1, -0.05) is 0 Å². The fraction of sp³-hybridized carbons (Fsp3) is 0.571. The van der Waals surface area contributed by atoms with Crippen LogP contribution in [0.4, 0.5) is 11.4 Å². The van der Waals surface area contributed by atoms with E-state index in [-0.39, 0.29) is 11.2 Å². The molecule has 0 radical (unpaired) electrons. The number of anilines is 1. The van der Waals surface area contributed by atoms with Crippen LogP contribution >= 0.6 is 0 Å². The normalized spacial score (nSPS) is 17.1. The minimum Gasteiger partial charge on any atom is -0.493 e. The molecule has 7 nitrogen and oxygen atoms in total. The summed E-state index contributed by atoms with van der Waals surface area (Å²) >= 11 is 0. The highest BCUT2D eigenvalue weighted by Crippen LogP contribution is 2.39. The topological polar surface area (TPSA) is 85.7 Å². The number of nitro groups is 1. The summed E-state index contributed by atoms with van der Waals surface area (Å²) in [5, 5.41) is 17.9. The average molecular weight is 295 g/mol. The van der Waals surface area contributed by atoms with Gasteiger partial charge < -0.3 is 20.1 Å². The second-order valence-electron chi connectivity index (χ2n) is 5.42. The largest absolute Gasteiger partial charge is 0.493 e. The molecule has 0 bridgehead atoms. The first-order valence-corrected chi connectivity index (χ1v) is 6.88. The number of nitrogens with one attached hydrogen (secondary N) is 2. The smallest absolute Gasteiger partial charge is 0.296 e. The Balaban J connectivity index is 2.38. The lowest BCUT2D eigenvalue weighted by atomic mass is 9.90. The summed E-state index contributed by atoms with van der Waals surface area (Å²) in [7, 11) is 2.97. The molecule has 0 saturated carbocycles. The lowest BCUT2D eigenvalue weighted by Crippen LogP contribution is -2.45. The van der Waals surface area contributed by atoms with Crippen molar-refractivity contribution in [2.75, 3.05) is 32.6 Å². The van der Waals surface area contributed by atoms with Crippen molar-refractivity contribution in [1.82, 2.24) is 5.32 Å². The van der Waals surface area contributed by atoms with Crippen LogP contribution in [0.15, 0.2) is 12.1 Å². The molecule has 2 N–H and O–H groups in total. The Bertz CT molecular complexity index is 527. The van der Waals surface area contributed by atoms with E-state index in [0.717, 1.165) is 25.9 Å². The lowest BCUT2D eigenvalue weighted by molar-refractivity contribution is -0.384. The van der Waals surface area contributed by atoms with Crippen LogP contribution in [0.1, 0.15) is 19.8 Å². The maximum Gasteiger partial charge on any atom is 0.296 e. The van der Waals surface area contributed by atoms with Gasteiger partial charge in [0, 0.05) is 11.6 Å². The second kappa shape index (κ2) is 6.17. The Kier molecular flexibility index (Phi) is 4.52. The maximum absolute atomic E-state index is 11.3. The Morgan fingerprint density at radius 2 is 1.81 bits per heavy atom. The number of hydrogen-bond donors (Lipinski definition) is 2. The quantitative estimate of drug-likeness (QED) is 0.639. The number of hydrogen-bond acceptors (Lipinski definition) is 6. The standard InChI is InChI=1S/C14H21N3O4/c1-14(4-6-15-7-5-14)16-10-8-12(20-2)13(21-3)9-11(10)17(18)19/h8-9,15-16H,4-7H2,1-3H3. The number of rotatable bonds is 5. The number of methoxy groups -OCH3 is 2. The predicted molar refractivity (Wildman–Crippen MR) is 80.3 cm³/mol. The fourth-order valence-electron chi connectivity index (χ4n) is 2.55. The van der Waals surface area contributed by atoms with Gasteiger partial charge in [0.15, 0.2) is 11.5 Å². The summed E-state index contributed by atoms with van der Waals surface area (Å²) < 4.78 is 10.4. The highest BCUT2D eigenvalue weighted by atomic mass is 16.6. The van der Waals surface area contributed by atoms with Crippen LogP contribution in [0.2, 0.25) is 0 Å². The molecule has 116 valence electrons. The summed E-state index contributed by atoms with van der Waals surface area (Å²) in [6, 6.07) is 3.02. The van der Waals surface area contributed by atoms with Crippen molar-refractivity contribution in [2.45, 2.75) is 25.3 Å². The van der Waals surface area contributed by atoms with E-state index in [1.807, 2.05) is 0 Å². The van der Waals surface area contributed by atoms with Crippen molar-refractivity contribution in [1.29, 1.82) is 0 Å². The van der Waals surface area contributed by atoms with Crippen LogP contribution in [0.5, 0.6) is 11.5 Å². The molecule has 0 unspecified atom stereocenters. The van der Waals surface area contributed by atoms with E-state index in [9.17, 15) is 10.1 Å². The minimum atomic E-state index is -0.408. The molecule has 2 rings (SSSR count). The highest BCUT2D eigenvalue weighted by Gasteiger charge is 2.30. The Labute approximate surface area is 123 Å². The van der Waals surface area contributed by atoms with Gasteiger partial charge in [0.25, 0.3) is 5.69 Å². The van der Waals surface area contributed by atoms with Crippen molar-refractivity contribution in [2.24, 2.45) is 0 Å². The molecule has 1 saturated heterocycles. The van der Waals surface area contributed by atoms with Crippen LogP contribution in [0, 0.1) is 10.1 Å². The molecule has 1 fully saturated rings. The second-order valence-corrected chi connectivity index (χ2v) is 5.42. The van der Waals surface area contributed by atoms with Crippen LogP contribution in [-0.4, -0.2) is 37.8 Å². The molecule has 1 heterocycles. The van der Waals surface area contributed by atoms with Crippen molar-refractivity contribution in [3.8, 4) is 11.5 Å². The van der Waals surface area contributed by atoms with Crippen LogP contribution in [-0.2, 0) is 0 Å². The SMILES string of the molecule is COc1cc(NC2(C)CCNCC2)c([N+](=O)[O-])cc1OC. The molecular formula is C14H21N3O4. The Morgan fingerprint density at radius 3 is 2.33 bits per heavy atom. The van der Waals surface area contributed by atoms with Crippen LogP contribution < -0.4 is 20.1 Å². The highest BCUT2D eigenvalue weighted by molar-refractivity contribution is 5.69. The van der Waals surface area contributed by atoms with Crippen LogP contribution in [0.25, 0.3) is 0 Å². The van der Waals surface area contributed by atoms with E-state index in [2.05, 4.69) is 17.6 Å². The zero-order valence-corrected chi connectivity index (χ0v) is 12.6. The molecule has 21 heavy (non-hydrogen) atoms. The van der Waals surface area contributed by atoms with Gasteiger partial charge >= 0.3 is 0 Å². The Hall–Kier alpha value is -2.02. The number of nitro benzene ring substituents is 1. The minimum absolute atomic E-state index is 0.00703. The van der Waals surface area contributed by atoms with E-state index in [0.29, 0.717) is 17.2 Å². The van der Waals surface area contributed by atoms with E-state index in [1.165, 1.54) is 20.3 Å². The van der Waals surface area contributed by atoms with Crippen molar-refractivity contribution in [3.05, 3.63) is 22.2 Å². The van der Waals surface area contributed by atoms with Gasteiger partial charge in [-0.25, -0.2) is 0 Å². The molecule has 7 heteroatoms. The van der Waals surface area contributed by atoms with E-state index in [4.69, 9.17) is 9.47 Å². The molecule has 0 atom stereocenters. The summed E-state index contributed by atoms with van der Waals surface area (Å²) in [6.45, 7) is 3.86. The first-order valence-electron chi connectivity index (χ1n) is 6.88. The monoisotopic (exact) mass is 295 g/mol.